The van der Waals surface area contributed by atoms with Crippen LogP contribution in [0.25, 0.3) is 0 Å². The zero-order chi connectivity index (χ0) is 13.5. The van der Waals surface area contributed by atoms with Gasteiger partial charge in [-0.3, -0.25) is 0 Å². The fourth-order valence-corrected chi connectivity index (χ4v) is 2.89. The molecule has 18 heavy (non-hydrogen) atoms. The third kappa shape index (κ3) is 4.25. The molecule has 1 aromatic rings. The molecule has 0 fully saturated rings. The van der Waals surface area contributed by atoms with Gasteiger partial charge in [-0.1, -0.05) is 27.2 Å². The van der Waals surface area contributed by atoms with E-state index in [1.807, 2.05) is 17.5 Å². The molecule has 0 aromatic carbocycles. The third-order valence-corrected chi connectivity index (χ3v) is 4.57. The number of nitrogens with one attached hydrogen (secondary N) is 1. The highest BCUT2D eigenvalue weighted by molar-refractivity contribution is 7.15. The Hall–Kier alpha value is -0.610. The lowest BCUT2D eigenvalue weighted by Crippen LogP contribution is -2.27. The average molecular weight is 269 g/mol. The van der Waals surface area contributed by atoms with E-state index >= 15 is 0 Å². The summed E-state index contributed by atoms with van der Waals surface area (Å²) in [5, 5.41) is 4.60. The highest BCUT2D eigenvalue weighted by Crippen LogP contribution is 2.27. The first-order valence-electron chi connectivity index (χ1n) is 7.06. The summed E-state index contributed by atoms with van der Waals surface area (Å²) in [6.07, 6.45) is 3.25. The molecule has 0 spiro atoms. The van der Waals surface area contributed by atoms with Crippen LogP contribution in [0.5, 0.6) is 0 Å². The van der Waals surface area contributed by atoms with E-state index in [1.54, 1.807) is 0 Å². The van der Waals surface area contributed by atoms with E-state index in [1.165, 1.54) is 11.3 Å². The Balaban J connectivity index is 2.69. The largest absolute Gasteiger partial charge is 0.348 e. The van der Waals surface area contributed by atoms with E-state index in [2.05, 4.69) is 49.8 Å². The first kappa shape index (κ1) is 15.4. The number of rotatable bonds is 8. The Morgan fingerprint density at radius 2 is 2.06 bits per heavy atom. The summed E-state index contributed by atoms with van der Waals surface area (Å²) in [5.74, 6) is 0.725. The summed E-state index contributed by atoms with van der Waals surface area (Å²) in [6.45, 7) is 14.2. The van der Waals surface area contributed by atoms with Crippen LogP contribution in [-0.4, -0.2) is 24.6 Å². The van der Waals surface area contributed by atoms with Crippen molar-refractivity contribution in [2.75, 3.05) is 24.5 Å². The molecule has 1 heterocycles. The molecular formula is C14H27N3S. The first-order chi connectivity index (χ1) is 8.62. The molecule has 0 saturated heterocycles. The van der Waals surface area contributed by atoms with Crippen molar-refractivity contribution in [2.24, 2.45) is 5.92 Å². The van der Waals surface area contributed by atoms with Gasteiger partial charge in [0, 0.05) is 30.2 Å². The number of thiazole rings is 1. The first-order valence-corrected chi connectivity index (χ1v) is 7.87. The van der Waals surface area contributed by atoms with E-state index in [0.717, 1.165) is 30.7 Å². The van der Waals surface area contributed by atoms with E-state index in [0.29, 0.717) is 6.04 Å². The van der Waals surface area contributed by atoms with Crippen LogP contribution >= 0.6 is 11.3 Å². The van der Waals surface area contributed by atoms with Crippen LogP contribution in [0, 0.1) is 5.92 Å². The number of anilines is 1. The molecule has 2 atom stereocenters. The van der Waals surface area contributed by atoms with Crippen LogP contribution in [0.15, 0.2) is 6.20 Å². The van der Waals surface area contributed by atoms with Gasteiger partial charge in [0.1, 0.15) is 0 Å². The standard InChI is InChI=1S/C14H27N3S/c1-6-11(4)10-17(8-3)14-16-9-13(18-14)12(5)15-7-2/h9,11-12,15H,6-8,10H2,1-5H3. The van der Waals surface area contributed by atoms with E-state index in [9.17, 15) is 0 Å². The second-order valence-electron chi connectivity index (χ2n) is 4.88. The lowest BCUT2D eigenvalue weighted by Gasteiger charge is -2.23. The average Bonchev–Trinajstić information content (AvgIpc) is 2.85. The minimum absolute atomic E-state index is 0.406. The number of hydrogen-bond acceptors (Lipinski definition) is 4. The van der Waals surface area contributed by atoms with Gasteiger partial charge in [-0.05, 0) is 26.3 Å². The van der Waals surface area contributed by atoms with Gasteiger partial charge in [0.15, 0.2) is 5.13 Å². The molecule has 2 unspecified atom stereocenters. The van der Waals surface area contributed by atoms with Gasteiger partial charge in [0.25, 0.3) is 0 Å². The summed E-state index contributed by atoms with van der Waals surface area (Å²) in [7, 11) is 0. The Morgan fingerprint density at radius 1 is 1.33 bits per heavy atom. The van der Waals surface area contributed by atoms with Crippen molar-refractivity contribution in [3.8, 4) is 0 Å². The Kier molecular flexibility index (Phi) is 6.65. The minimum Gasteiger partial charge on any atom is -0.348 e. The lowest BCUT2D eigenvalue weighted by atomic mass is 10.1. The summed E-state index contributed by atoms with van der Waals surface area (Å²) >= 11 is 1.82. The number of nitrogens with zero attached hydrogens (tertiary/aromatic N) is 2. The maximum atomic E-state index is 4.58. The van der Waals surface area contributed by atoms with Crippen LogP contribution in [-0.2, 0) is 0 Å². The maximum absolute atomic E-state index is 4.58. The van der Waals surface area contributed by atoms with Crippen LogP contribution in [0.4, 0.5) is 5.13 Å². The van der Waals surface area contributed by atoms with Gasteiger partial charge in [-0.25, -0.2) is 4.98 Å². The molecule has 0 saturated carbocycles. The van der Waals surface area contributed by atoms with E-state index in [-0.39, 0.29) is 0 Å². The quantitative estimate of drug-likeness (QED) is 0.780. The van der Waals surface area contributed by atoms with Crippen LogP contribution < -0.4 is 10.2 Å². The van der Waals surface area contributed by atoms with Crippen LogP contribution in [0.1, 0.15) is 52.0 Å². The summed E-state index contributed by atoms with van der Waals surface area (Å²) in [6, 6.07) is 0.406. The Bertz CT molecular complexity index is 338. The highest BCUT2D eigenvalue weighted by Gasteiger charge is 2.14. The van der Waals surface area contributed by atoms with Crippen molar-refractivity contribution in [3.63, 3.8) is 0 Å². The molecule has 3 nitrogen and oxygen atoms in total. The molecule has 1 N–H and O–H groups in total. The maximum Gasteiger partial charge on any atom is 0.185 e. The number of aromatic nitrogens is 1. The predicted molar refractivity (Wildman–Crippen MR) is 81.5 cm³/mol. The second-order valence-corrected chi connectivity index (χ2v) is 5.92. The molecule has 0 bridgehead atoms. The molecule has 104 valence electrons. The van der Waals surface area contributed by atoms with Gasteiger partial charge in [-0.2, -0.15) is 0 Å². The van der Waals surface area contributed by atoms with Crippen molar-refractivity contribution < 1.29 is 0 Å². The lowest BCUT2D eigenvalue weighted by molar-refractivity contribution is 0.547. The zero-order valence-electron chi connectivity index (χ0n) is 12.4. The molecule has 0 amide bonds. The third-order valence-electron chi connectivity index (χ3n) is 3.33. The Labute approximate surface area is 116 Å². The van der Waals surface area contributed by atoms with Gasteiger partial charge in [0.05, 0.1) is 0 Å². The van der Waals surface area contributed by atoms with Crippen molar-refractivity contribution in [3.05, 3.63) is 11.1 Å². The van der Waals surface area contributed by atoms with Crippen molar-refractivity contribution in [2.45, 2.75) is 47.1 Å². The van der Waals surface area contributed by atoms with Gasteiger partial charge < -0.3 is 10.2 Å². The smallest absolute Gasteiger partial charge is 0.185 e. The minimum atomic E-state index is 0.406. The van der Waals surface area contributed by atoms with Crippen LogP contribution in [0.2, 0.25) is 0 Å². The molecule has 0 aliphatic heterocycles. The van der Waals surface area contributed by atoms with Crippen LogP contribution in [0.3, 0.4) is 0 Å². The fourth-order valence-electron chi connectivity index (χ4n) is 1.88. The molecule has 1 rings (SSSR count). The molecule has 0 aliphatic carbocycles. The second kappa shape index (κ2) is 7.74. The van der Waals surface area contributed by atoms with E-state index < -0.39 is 0 Å². The molecule has 0 aliphatic rings. The molecule has 1 aromatic heterocycles. The van der Waals surface area contributed by atoms with E-state index in [4.69, 9.17) is 0 Å². The molecule has 4 heteroatoms. The summed E-state index contributed by atoms with van der Waals surface area (Å²) < 4.78 is 0. The number of hydrogen-bond donors (Lipinski definition) is 1. The van der Waals surface area contributed by atoms with Gasteiger partial charge in [-0.15, -0.1) is 11.3 Å². The summed E-state index contributed by atoms with van der Waals surface area (Å²) in [4.78, 5) is 8.30. The highest BCUT2D eigenvalue weighted by atomic mass is 32.1. The summed E-state index contributed by atoms with van der Waals surface area (Å²) in [5.41, 5.74) is 0. The SMILES string of the molecule is CCNC(C)c1cnc(N(CC)CC(C)CC)s1. The normalized spacial score (nSPS) is 14.5. The molecular weight excluding hydrogens is 242 g/mol. The monoisotopic (exact) mass is 269 g/mol. The fraction of sp³-hybridized carbons (Fsp3) is 0.786. The van der Waals surface area contributed by atoms with Gasteiger partial charge >= 0.3 is 0 Å². The predicted octanol–water partition coefficient (Wildman–Crippen LogP) is 3.69. The molecule has 0 radical (unpaired) electrons. The van der Waals surface area contributed by atoms with Gasteiger partial charge in [0.2, 0.25) is 0 Å². The zero-order valence-corrected chi connectivity index (χ0v) is 13.2. The van der Waals surface area contributed by atoms with Crippen molar-refractivity contribution in [1.82, 2.24) is 10.3 Å². The van der Waals surface area contributed by atoms with Crippen molar-refractivity contribution in [1.29, 1.82) is 0 Å². The topological polar surface area (TPSA) is 28.2 Å². The van der Waals surface area contributed by atoms with Crippen molar-refractivity contribution >= 4 is 16.5 Å². The Morgan fingerprint density at radius 3 is 2.61 bits per heavy atom.